The summed E-state index contributed by atoms with van der Waals surface area (Å²) in [7, 11) is 1.64. The first-order valence-electron chi connectivity index (χ1n) is 5.51. The monoisotopic (exact) mass is 226 g/mol. The third kappa shape index (κ3) is 3.58. The third-order valence-electron chi connectivity index (χ3n) is 2.83. The normalized spacial score (nSPS) is 14.8. The molecule has 1 aromatic rings. The van der Waals surface area contributed by atoms with Crippen LogP contribution < -0.4 is 0 Å². The van der Waals surface area contributed by atoms with E-state index < -0.39 is 6.10 Å². The lowest BCUT2D eigenvalue weighted by molar-refractivity contribution is 0.0850. The van der Waals surface area contributed by atoms with Crippen LogP contribution in [0.15, 0.2) is 18.2 Å². The molecule has 1 rings (SSSR count). The Morgan fingerprint density at radius 3 is 2.62 bits per heavy atom. The van der Waals surface area contributed by atoms with Crippen molar-refractivity contribution in [1.29, 1.82) is 0 Å². The molecule has 0 aromatic heterocycles. The van der Waals surface area contributed by atoms with Gasteiger partial charge in [-0.05, 0) is 43.9 Å². The molecule has 0 saturated carbocycles. The van der Waals surface area contributed by atoms with E-state index in [1.54, 1.807) is 26.2 Å². The smallest absolute Gasteiger partial charge is 0.126 e. The van der Waals surface area contributed by atoms with Gasteiger partial charge < -0.3 is 9.84 Å². The number of ether oxygens (including phenoxy) is 1. The topological polar surface area (TPSA) is 29.5 Å². The summed E-state index contributed by atoms with van der Waals surface area (Å²) in [4.78, 5) is 0. The van der Waals surface area contributed by atoms with Crippen LogP contribution in [0.5, 0.6) is 0 Å². The summed E-state index contributed by atoms with van der Waals surface area (Å²) in [5.41, 5.74) is 1.23. The SMILES string of the molecule is COC(C)CCC(O)c1ccc(C)c(F)c1. The Kier molecular flexibility index (Phi) is 4.90. The molecule has 0 fully saturated rings. The van der Waals surface area contributed by atoms with Crippen LogP contribution in [-0.4, -0.2) is 18.3 Å². The number of halogens is 1. The van der Waals surface area contributed by atoms with Crippen molar-refractivity contribution in [2.24, 2.45) is 0 Å². The number of aliphatic hydroxyl groups is 1. The minimum absolute atomic E-state index is 0.116. The highest BCUT2D eigenvalue weighted by molar-refractivity contribution is 5.24. The van der Waals surface area contributed by atoms with E-state index in [0.29, 0.717) is 17.5 Å². The first-order valence-corrected chi connectivity index (χ1v) is 5.51. The zero-order valence-electron chi connectivity index (χ0n) is 10.0. The van der Waals surface area contributed by atoms with Crippen LogP contribution in [0.25, 0.3) is 0 Å². The average molecular weight is 226 g/mol. The molecule has 16 heavy (non-hydrogen) atoms. The quantitative estimate of drug-likeness (QED) is 0.836. The van der Waals surface area contributed by atoms with Crippen molar-refractivity contribution in [3.63, 3.8) is 0 Å². The third-order valence-corrected chi connectivity index (χ3v) is 2.83. The molecule has 2 atom stereocenters. The van der Waals surface area contributed by atoms with E-state index in [-0.39, 0.29) is 11.9 Å². The summed E-state index contributed by atoms with van der Waals surface area (Å²) >= 11 is 0. The second-order valence-electron chi connectivity index (χ2n) is 4.15. The van der Waals surface area contributed by atoms with Crippen LogP contribution in [0.2, 0.25) is 0 Å². The van der Waals surface area contributed by atoms with Crippen molar-refractivity contribution >= 4 is 0 Å². The first kappa shape index (κ1) is 13.1. The Labute approximate surface area is 96.1 Å². The van der Waals surface area contributed by atoms with Crippen LogP contribution >= 0.6 is 0 Å². The average Bonchev–Trinajstić information content (AvgIpc) is 2.29. The molecular weight excluding hydrogens is 207 g/mol. The molecule has 2 unspecified atom stereocenters. The summed E-state index contributed by atoms with van der Waals surface area (Å²) in [5.74, 6) is -0.267. The molecule has 0 radical (unpaired) electrons. The van der Waals surface area contributed by atoms with Gasteiger partial charge in [0.2, 0.25) is 0 Å². The molecule has 1 aromatic carbocycles. The number of aryl methyl sites for hydroxylation is 1. The Hall–Kier alpha value is -0.930. The van der Waals surface area contributed by atoms with E-state index in [0.717, 1.165) is 6.42 Å². The van der Waals surface area contributed by atoms with E-state index in [2.05, 4.69) is 0 Å². The van der Waals surface area contributed by atoms with Gasteiger partial charge in [-0.25, -0.2) is 4.39 Å². The molecule has 3 heteroatoms. The van der Waals surface area contributed by atoms with Crippen LogP contribution in [-0.2, 0) is 4.74 Å². The minimum Gasteiger partial charge on any atom is -0.388 e. The van der Waals surface area contributed by atoms with Crippen LogP contribution in [0.1, 0.15) is 37.0 Å². The van der Waals surface area contributed by atoms with Gasteiger partial charge in [-0.3, -0.25) is 0 Å². The maximum absolute atomic E-state index is 13.3. The van der Waals surface area contributed by atoms with Gasteiger partial charge in [-0.15, -0.1) is 0 Å². The second kappa shape index (κ2) is 5.97. The van der Waals surface area contributed by atoms with Crippen molar-refractivity contribution in [3.8, 4) is 0 Å². The zero-order valence-corrected chi connectivity index (χ0v) is 10.0. The molecule has 1 N–H and O–H groups in total. The van der Waals surface area contributed by atoms with Gasteiger partial charge in [-0.2, -0.15) is 0 Å². The van der Waals surface area contributed by atoms with Gasteiger partial charge in [0.1, 0.15) is 5.82 Å². The highest BCUT2D eigenvalue weighted by Gasteiger charge is 2.11. The van der Waals surface area contributed by atoms with Gasteiger partial charge in [-0.1, -0.05) is 12.1 Å². The predicted octanol–water partition coefficient (Wildman–Crippen LogP) is 2.98. The van der Waals surface area contributed by atoms with E-state index in [9.17, 15) is 9.50 Å². The predicted molar refractivity (Wildman–Crippen MR) is 61.8 cm³/mol. The van der Waals surface area contributed by atoms with E-state index in [4.69, 9.17) is 4.74 Å². The fraction of sp³-hybridized carbons (Fsp3) is 0.538. The summed E-state index contributed by atoms with van der Waals surface area (Å²) in [5, 5.41) is 9.86. The van der Waals surface area contributed by atoms with Gasteiger partial charge in [0.05, 0.1) is 12.2 Å². The number of methoxy groups -OCH3 is 1. The van der Waals surface area contributed by atoms with Crippen LogP contribution in [0.3, 0.4) is 0 Å². The number of rotatable bonds is 5. The van der Waals surface area contributed by atoms with Crippen molar-refractivity contribution in [2.45, 2.75) is 38.9 Å². The highest BCUT2D eigenvalue weighted by Crippen LogP contribution is 2.21. The zero-order chi connectivity index (χ0) is 12.1. The van der Waals surface area contributed by atoms with E-state index in [1.165, 1.54) is 6.07 Å². The molecule has 0 heterocycles. The standard InChI is InChI=1S/C13H19FO2/c1-9-4-6-11(8-12(9)14)13(15)7-5-10(2)16-3/h4,6,8,10,13,15H,5,7H2,1-3H3. The molecular formula is C13H19FO2. The first-order chi connectivity index (χ1) is 7.54. The number of benzene rings is 1. The Morgan fingerprint density at radius 1 is 1.38 bits per heavy atom. The second-order valence-corrected chi connectivity index (χ2v) is 4.15. The minimum atomic E-state index is -0.618. The van der Waals surface area contributed by atoms with Gasteiger partial charge >= 0.3 is 0 Å². The highest BCUT2D eigenvalue weighted by atomic mass is 19.1. The van der Waals surface area contributed by atoms with Gasteiger partial charge in [0.15, 0.2) is 0 Å². The fourth-order valence-electron chi connectivity index (χ4n) is 1.49. The van der Waals surface area contributed by atoms with Crippen molar-refractivity contribution < 1.29 is 14.2 Å². The molecule has 0 aliphatic rings. The number of hydrogen-bond acceptors (Lipinski definition) is 2. The molecule has 0 aliphatic heterocycles. The largest absolute Gasteiger partial charge is 0.388 e. The Balaban J connectivity index is 2.59. The lowest BCUT2D eigenvalue weighted by Gasteiger charge is -2.14. The maximum atomic E-state index is 13.3. The van der Waals surface area contributed by atoms with Crippen LogP contribution in [0, 0.1) is 12.7 Å². The molecule has 0 saturated heterocycles. The lowest BCUT2D eigenvalue weighted by atomic mass is 10.0. The van der Waals surface area contributed by atoms with Crippen molar-refractivity contribution in [2.75, 3.05) is 7.11 Å². The van der Waals surface area contributed by atoms with Gasteiger partial charge in [0.25, 0.3) is 0 Å². The van der Waals surface area contributed by atoms with E-state index in [1.807, 2.05) is 6.92 Å². The molecule has 2 nitrogen and oxygen atoms in total. The maximum Gasteiger partial charge on any atom is 0.126 e. The molecule has 0 aliphatic carbocycles. The summed E-state index contributed by atoms with van der Waals surface area (Å²) in [6, 6.07) is 4.85. The summed E-state index contributed by atoms with van der Waals surface area (Å²) in [6.45, 7) is 3.65. The Bertz CT molecular complexity index is 339. The molecule has 0 amide bonds. The van der Waals surface area contributed by atoms with Gasteiger partial charge in [0, 0.05) is 7.11 Å². The Morgan fingerprint density at radius 2 is 2.06 bits per heavy atom. The molecule has 0 bridgehead atoms. The fourth-order valence-corrected chi connectivity index (χ4v) is 1.49. The number of aliphatic hydroxyl groups excluding tert-OH is 1. The van der Waals surface area contributed by atoms with Crippen LogP contribution in [0.4, 0.5) is 4.39 Å². The van der Waals surface area contributed by atoms with E-state index >= 15 is 0 Å². The lowest BCUT2D eigenvalue weighted by Crippen LogP contribution is -2.08. The van der Waals surface area contributed by atoms with Crippen molar-refractivity contribution in [1.82, 2.24) is 0 Å². The molecule has 0 spiro atoms. The van der Waals surface area contributed by atoms with Crippen molar-refractivity contribution in [3.05, 3.63) is 35.1 Å². The molecule has 90 valence electrons. The summed E-state index contributed by atoms with van der Waals surface area (Å²) < 4.78 is 18.4. The number of hydrogen-bond donors (Lipinski definition) is 1. The summed E-state index contributed by atoms with van der Waals surface area (Å²) in [6.07, 6.45) is 0.836.